The molecule has 154 valence electrons. The Kier molecular flexibility index (Phi) is 5.64. The van der Waals surface area contributed by atoms with Crippen LogP contribution >= 0.6 is 0 Å². The highest BCUT2D eigenvalue weighted by atomic mass is 16.5. The first-order valence-electron chi connectivity index (χ1n) is 9.87. The molecule has 0 unspecified atom stereocenters. The number of rotatable bonds is 5. The Morgan fingerprint density at radius 3 is 2.79 bits per heavy atom. The van der Waals surface area contributed by atoms with Gasteiger partial charge in [0.2, 0.25) is 5.91 Å². The van der Waals surface area contributed by atoms with Crippen molar-refractivity contribution in [3.63, 3.8) is 0 Å². The van der Waals surface area contributed by atoms with Gasteiger partial charge in [0, 0.05) is 44.8 Å². The van der Waals surface area contributed by atoms with Crippen molar-refractivity contribution in [3.05, 3.63) is 42.2 Å². The molecule has 4 rings (SSSR count). The first-order valence-corrected chi connectivity index (χ1v) is 9.87. The van der Waals surface area contributed by atoms with Crippen molar-refractivity contribution in [2.45, 2.75) is 31.0 Å². The molecule has 2 aromatic rings. The van der Waals surface area contributed by atoms with Gasteiger partial charge in [-0.05, 0) is 6.42 Å². The van der Waals surface area contributed by atoms with E-state index in [9.17, 15) is 9.59 Å². The predicted molar refractivity (Wildman–Crippen MR) is 106 cm³/mol. The molecule has 2 amide bonds. The van der Waals surface area contributed by atoms with Crippen molar-refractivity contribution >= 4 is 11.8 Å². The standard InChI is InChI=1S/C21H26N4O4/c1-24(2)19(26)9-17-11-25-10-15(8-16(25)12-28-17)22-21(27)18-13-29-23-20(18)14-6-4-3-5-7-14/h3-7,13,15-17H,8-12H2,1-2H3,(H,22,27)/t15-,16-,17-/m0/s1. The van der Waals surface area contributed by atoms with E-state index < -0.39 is 0 Å². The van der Waals surface area contributed by atoms with E-state index in [2.05, 4.69) is 15.4 Å². The molecule has 2 saturated heterocycles. The topological polar surface area (TPSA) is 87.9 Å². The van der Waals surface area contributed by atoms with Crippen molar-refractivity contribution in [2.24, 2.45) is 0 Å². The minimum Gasteiger partial charge on any atom is -0.375 e. The summed E-state index contributed by atoms with van der Waals surface area (Å²) in [5, 5.41) is 7.11. The Morgan fingerprint density at radius 1 is 1.24 bits per heavy atom. The van der Waals surface area contributed by atoms with Crippen LogP contribution in [0.2, 0.25) is 0 Å². The molecule has 0 bridgehead atoms. The summed E-state index contributed by atoms with van der Waals surface area (Å²) in [6.07, 6.45) is 2.50. The highest BCUT2D eigenvalue weighted by Gasteiger charge is 2.38. The second kappa shape index (κ2) is 8.34. The molecule has 0 radical (unpaired) electrons. The zero-order valence-electron chi connectivity index (χ0n) is 16.7. The molecule has 0 aliphatic carbocycles. The molecule has 2 aliphatic rings. The van der Waals surface area contributed by atoms with Gasteiger partial charge >= 0.3 is 0 Å². The number of fused-ring (bicyclic) bond motifs is 1. The molecule has 1 aromatic heterocycles. The van der Waals surface area contributed by atoms with E-state index >= 15 is 0 Å². The summed E-state index contributed by atoms with van der Waals surface area (Å²) in [4.78, 5) is 28.7. The molecule has 0 spiro atoms. The van der Waals surface area contributed by atoms with E-state index in [1.54, 1.807) is 19.0 Å². The second-order valence-electron chi connectivity index (χ2n) is 7.90. The van der Waals surface area contributed by atoms with Crippen LogP contribution in [-0.4, -0.2) is 78.8 Å². The van der Waals surface area contributed by atoms with Crippen LogP contribution in [-0.2, 0) is 9.53 Å². The molecule has 2 aliphatic heterocycles. The van der Waals surface area contributed by atoms with Gasteiger partial charge in [-0.15, -0.1) is 0 Å². The lowest BCUT2D eigenvalue weighted by Gasteiger charge is -2.35. The molecule has 2 fully saturated rings. The van der Waals surface area contributed by atoms with Crippen LogP contribution in [0.3, 0.4) is 0 Å². The largest absolute Gasteiger partial charge is 0.375 e. The van der Waals surface area contributed by atoms with Gasteiger partial charge in [-0.25, -0.2) is 0 Å². The van der Waals surface area contributed by atoms with Gasteiger partial charge in [-0.1, -0.05) is 35.5 Å². The summed E-state index contributed by atoms with van der Waals surface area (Å²) in [7, 11) is 3.51. The monoisotopic (exact) mass is 398 g/mol. The van der Waals surface area contributed by atoms with Gasteiger partial charge in [0.1, 0.15) is 17.5 Å². The number of carbonyl (C=O) groups excluding carboxylic acids is 2. The third kappa shape index (κ3) is 4.33. The third-order valence-electron chi connectivity index (χ3n) is 5.59. The number of nitrogens with one attached hydrogen (secondary N) is 1. The summed E-state index contributed by atoms with van der Waals surface area (Å²) in [5.74, 6) is -0.117. The number of ether oxygens (including phenoxy) is 1. The molecule has 0 saturated carbocycles. The first-order chi connectivity index (χ1) is 14.0. The van der Waals surface area contributed by atoms with Crippen molar-refractivity contribution in [3.8, 4) is 11.3 Å². The van der Waals surface area contributed by atoms with Gasteiger partial charge in [0.25, 0.3) is 5.91 Å². The van der Waals surface area contributed by atoms with E-state index in [1.807, 2.05) is 30.3 Å². The zero-order valence-corrected chi connectivity index (χ0v) is 16.7. The van der Waals surface area contributed by atoms with E-state index in [-0.39, 0.29) is 30.0 Å². The molecular formula is C21H26N4O4. The maximum Gasteiger partial charge on any atom is 0.257 e. The minimum atomic E-state index is -0.185. The van der Waals surface area contributed by atoms with Crippen LogP contribution in [0.15, 0.2) is 41.1 Å². The summed E-state index contributed by atoms with van der Waals surface area (Å²) < 4.78 is 11.0. The third-order valence-corrected chi connectivity index (χ3v) is 5.59. The summed E-state index contributed by atoms with van der Waals surface area (Å²) in [5.41, 5.74) is 1.83. The van der Waals surface area contributed by atoms with Crippen molar-refractivity contribution in [1.82, 2.24) is 20.3 Å². The second-order valence-corrected chi connectivity index (χ2v) is 7.90. The zero-order chi connectivity index (χ0) is 20.4. The number of hydrogen-bond donors (Lipinski definition) is 1. The SMILES string of the molecule is CN(C)C(=O)C[C@H]1CN2C[C@@H](NC(=O)c3conc3-c3ccccc3)C[C@H]2CO1. The molecule has 29 heavy (non-hydrogen) atoms. The van der Waals surface area contributed by atoms with E-state index in [0.29, 0.717) is 30.8 Å². The van der Waals surface area contributed by atoms with Gasteiger partial charge in [0.15, 0.2) is 0 Å². The Bertz CT molecular complexity index is 867. The van der Waals surface area contributed by atoms with Crippen LogP contribution in [0.4, 0.5) is 0 Å². The number of hydrogen-bond acceptors (Lipinski definition) is 6. The summed E-state index contributed by atoms with van der Waals surface area (Å²) in [6, 6.07) is 9.81. The number of nitrogens with zero attached hydrogens (tertiary/aromatic N) is 3. The Balaban J connectivity index is 1.36. The van der Waals surface area contributed by atoms with E-state index in [4.69, 9.17) is 9.26 Å². The van der Waals surface area contributed by atoms with Crippen molar-refractivity contribution < 1.29 is 18.8 Å². The molecule has 3 atom stereocenters. The van der Waals surface area contributed by atoms with Crippen LogP contribution in [0.1, 0.15) is 23.2 Å². The quantitative estimate of drug-likeness (QED) is 0.819. The minimum absolute atomic E-state index is 0.0259. The highest BCUT2D eigenvalue weighted by Crippen LogP contribution is 2.26. The predicted octanol–water partition coefficient (Wildman–Crippen LogP) is 1.39. The fourth-order valence-corrected chi connectivity index (χ4v) is 4.01. The van der Waals surface area contributed by atoms with Crippen molar-refractivity contribution in [2.75, 3.05) is 33.8 Å². The molecule has 8 heteroatoms. The van der Waals surface area contributed by atoms with E-state index in [1.165, 1.54) is 6.26 Å². The lowest BCUT2D eigenvalue weighted by molar-refractivity contribution is -0.134. The van der Waals surface area contributed by atoms with Crippen molar-refractivity contribution in [1.29, 1.82) is 0 Å². The van der Waals surface area contributed by atoms with Crippen LogP contribution in [0.5, 0.6) is 0 Å². The van der Waals surface area contributed by atoms with Gasteiger partial charge < -0.3 is 19.5 Å². The summed E-state index contributed by atoms with van der Waals surface area (Å²) in [6.45, 7) is 2.04. The lowest BCUT2D eigenvalue weighted by Crippen LogP contribution is -2.47. The summed E-state index contributed by atoms with van der Waals surface area (Å²) >= 11 is 0. The molecule has 1 N–H and O–H groups in total. The van der Waals surface area contributed by atoms with Gasteiger partial charge in [0.05, 0.1) is 19.1 Å². The Hall–Kier alpha value is -2.71. The maximum absolute atomic E-state index is 12.8. The van der Waals surface area contributed by atoms with Crippen LogP contribution in [0, 0.1) is 0 Å². The number of aromatic nitrogens is 1. The maximum atomic E-state index is 12.8. The fraction of sp³-hybridized carbons (Fsp3) is 0.476. The number of carbonyl (C=O) groups is 2. The molecule has 8 nitrogen and oxygen atoms in total. The smallest absolute Gasteiger partial charge is 0.257 e. The Labute approximate surface area is 169 Å². The molecule has 3 heterocycles. The first kappa shape index (κ1) is 19.6. The lowest BCUT2D eigenvalue weighted by atomic mass is 10.1. The number of amides is 2. The van der Waals surface area contributed by atoms with Crippen LogP contribution < -0.4 is 5.32 Å². The normalized spacial score (nSPS) is 24.1. The van der Waals surface area contributed by atoms with E-state index in [0.717, 1.165) is 18.5 Å². The number of benzene rings is 1. The molecular weight excluding hydrogens is 372 g/mol. The average Bonchev–Trinajstić information content (AvgIpc) is 3.34. The average molecular weight is 398 g/mol. The highest BCUT2D eigenvalue weighted by molar-refractivity contribution is 5.99. The Morgan fingerprint density at radius 2 is 2.03 bits per heavy atom. The fourth-order valence-electron chi connectivity index (χ4n) is 4.01. The number of morpholine rings is 1. The van der Waals surface area contributed by atoms with Gasteiger partial charge in [-0.2, -0.15) is 0 Å². The molecule has 1 aromatic carbocycles. The van der Waals surface area contributed by atoms with Gasteiger partial charge in [-0.3, -0.25) is 14.5 Å². The van der Waals surface area contributed by atoms with Crippen LogP contribution in [0.25, 0.3) is 11.3 Å².